The molecule has 1 aromatic heterocycles. The van der Waals surface area contributed by atoms with Gasteiger partial charge in [0.05, 0.1) is 5.41 Å². The molecule has 1 aliphatic carbocycles. The van der Waals surface area contributed by atoms with Crippen molar-refractivity contribution in [1.29, 1.82) is 0 Å². The van der Waals surface area contributed by atoms with E-state index in [2.05, 4.69) is 17.2 Å². The van der Waals surface area contributed by atoms with Crippen LogP contribution in [-0.2, 0) is 4.79 Å². The molecule has 1 saturated carbocycles. The maximum atomic E-state index is 11.5. The summed E-state index contributed by atoms with van der Waals surface area (Å²) in [6, 6.07) is 0. The topological polar surface area (TPSA) is 62.2 Å². The summed E-state index contributed by atoms with van der Waals surface area (Å²) in [4.78, 5) is 15.6. The molecular formula is C12H18N2O2S. The van der Waals surface area contributed by atoms with E-state index in [1.807, 2.05) is 5.38 Å². The van der Waals surface area contributed by atoms with Crippen LogP contribution < -0.4 is 5.32 Å². The number of rotatable bonds is 4. The van der Waals surface area contributed by atoms with E-state index in [1.165, 1.54) is 11.3 Å². The zero-order valence-corrected chi connectivity index (χ0v) is 10.8. The van der Waals surface area contributed by atoms with Crippen molar-refractivity contribution in [2.75, 3.05) is 11.9 Å². The second-order valence-electron chi connectivity index (χ2n) is 4.96. The highest BCUT2D eigenvalue weighted by molar-refractivity contribution is 7.13. The maximum absolute atomic E-state index is 11.5. The fourth-order valence-corrected chi connectivity index (χ4v) is 2.86. The van der Waals surface area contributed by atoms with Gasteiger partial charge in [0.2, 0.25) is 0 Å². The van der Waals surface area contributed by atoms with E-state index in [-0.39, 0.29) is 0 Å². The van der Waals surface area contributed by atoms with Crippen LogP contribution in [0, 0.1) is 11.3 Å². The summed E-state index contributed by atoms with van der Waals surface area (Å²) in [6.45, 7) is 2.68. The Labute approximate surface area is 105 Å². The van der Waals surface area contributed by atoms with Crippen LogP contribution in [0.3, 0.4) is 0 Å². The molecule has 1 aromatic rings. The molecule has 0 aromatic carbocycles. The Kier molecular flexibility index (Phi) is 3.66. The third-order valence-corrected chi connectivity index (χ3v) is 4.43. The van der Waals surface area contributed by atoms with Gasteiger partial charge in [-0.15, -0.1) is 11.3 Å². The molecule has 1 fully saturated rings. The number of hydrogen-bond donors (Lipinski definition) is 2. The van der Waals surface area contributed by atoms with E-state index in [0.717, 1.165) is 30.8 Å². The first kappa shape index (κ1) is 12.4. The Morgan fingerprint density at radius 2 is 2.35 bits per heavy atom. The van der Waals surface area contributed by atoms with Crippen molar-refractivity contribution >= 4 is 22.4 Å². The summed E-state index contributed by atoms with van der Waals surface area (Å²) in [7, 11) is 0. The van der Waals surface area contributed by atoms with Crippen LogP contribution in [0.5, 0.6) is 0 Å². The van der Waals surface area contributed by atoms with E-state index in [1.54, 1.807) is 6.20 Å². The zero-order valence-electron chi connectivity index (χ0n) is 9.98. The van der Waals surface area contributed by atoms with Gasteiger partial charge in [-0.3, -0.25) is 4.79 Å². The number of nitrogens with one attached hydrogen (secondary N) is 1. The first-order valence-corrected chi connectivity index (χ1v) is 6.87. The molecule has 0 saturated heterocycles. The van der Waals surface area contributed by atoms with Crippen molar-refractivity contribution < 1.29 is 9.90 Å². The van der Waals surface area contributed by atoms with Crippen LogP contribution in [0.1, 0.15) is 32.6 Å². The van der Waals surface area contributed by atoms with Crippen LogP contribution in [0.4, 0.5) is 5.13 Å². The molecule has 0 spiro atoms. The van der Waals surface area contributed by atoms with Crippen LogP contribution >= 0.6 is 11.3 Å². The third-order valence-electron chi connectivity index (χ3n) is 3.70. The SMILES string of the molecule is CC1CCC(CNc2nccs2)(C(=O)O)CC1. The van der Waals surface area contributed by atoms with Crippen molar-refractivity contribution in [3.05, 3.63) is 11.6 Å². The largest absolute Gasteiger partial charge is 0.481 e. The van der Waals surface area contributed by atoms with Crippen LogP contribution in [0.15, 0.2) is 11.6 Å². The highest BCUT2D eigenvalue weighted by Gasteiger charge is 2.41. The smallest absolute Gasteiger partial charge is 0.311 e. The zero-order chi connectivity index (χ0) is 12.3. The monoisotopic (exact) mass is 254 g/mol. The van der Waals surface area contributed by atoms with Gasteiger partial charge < -0.3 is 10.4 Å². The van der Waals surface area contributed by atoms with Crippen LogP contribution in [0.2, 0.25) is 0 Å². The van der Waals surface area contributed by atoms with E-state index in [0.29, 0.717) is 12.5 Å². The van der Waals surface area contributed by atoms with Gasteiger partial charge in [0.1, 0.15) is 0 Å². The summed E-state index contributed by atoms with van der Waals surface area (Å²) >= 11 is 1.51. The number of thiazole rings is 1. The second kappa shape index (κ2) is 5.04. The number of anilines is 1. The van der Waals surface area contributed by atoms with Gasteiger partial charge in [-0.05, 0) is 31.6 Å². The maximum Gasteiger partial charge on any atom is 0.311 e. The minimum absolute atomic E-state index is 0.489. The van der Waals surface area contributed by atoms with Crippen molar-refractivity contribution in [2.45, 2.75) is 32.6 Å². The van der Waals surface area contributed by atoms with Crippen molar-refractivity contribution in [3.63, 3.8) is 0 Å². The van der Waals surface area contributed by atoms with Crippen LogP contribution in [-0.4, -0.2) is 22.6 Å². The molecule has 1 heterocycles. The lowest BCUT2D eigenvalue weighted by Gasteiger charge is -2.35. The highest BCUT2D eigenvalue weighted by atomic mass is 32.1. The van der Waals surface area contributed by atoms with Gasteiger partial charge in [-0.25, -0.2) is 4.98 Å². The van der Waals surface area contributed by atoms with Gasteiger partial charge in [0, 0.05) is 18.1 Å². The predicted molar refractivity (Wildman–Crippen MR) is 68.3 cm³/mol. The first-order valence-electron chi connectivity index (χ1n) is 5.99. The fourth-order valence-electron chi connectivity index (χ4n) is 2.34. The number of hydrogen-bond acceptors (Lipinski definition) is 4. The van der Waals surface area contributed by atoms with Crippen LogP contribution in [0.25, 0.3) is 0 Å². The molecule has 0 radical (unpaired) electrons. The van der Waals surface area contributed by atoms with Gasteiger partial charge in [-0.2, -0.15) is 0 Å². The van der Waals surface area contributed by atoms with E-state index < -0.39 is 11.4 Å². The number of aromatic nitrogens is 1. The Morgan fingerprint density at radius 3 is 2.88 bits per heavy atom. The Hall–Kier alpha value is -1.10. The summed E-state index contributed by atoms with van der Waals surface area (Å²) in [6.07, 6.45) is 5.27. The summed E-state index contributed by atoms with van der Waals surface area (Å²) < 4.78 is 0. The number of nitrogens with zero attached hydrogens (tertiary/aromatic N) is 1. The summed E-state index contributed by atoms with van der Waals surface area (Å²) in [5.74, 6) is -0.0178. The Bertz CT molecular complexity index is 370. The lowest BCUT2D eigenvalue weighted by atomic mass is 9.71. The normalized spacial score (nSPS) is 28.9. The van der Waals surface area contributed by atoms with Gasteiger partial charge in [-0.1, -0.05) is 6.92 Å². The minimum atomic E-state index is -0.673. The number of aliphatic carboxylic acids is 1. The van der Waals surface area contributed by atoms with Crippen molar-refractivity contribution in [2.24, 2.45) is 11.3 Å². The predicted octanol–water partition coefficient (Wildman–Crippen LogP) is 2.84. The molecule has 0 amide bonds. The van der Waals surface area contributed by atoms with E-state index in [9.17, 15) is 9.90 Å². The number of carbonyl (C=O) groups is 1. The molecule has 0 aliphatic heterocycles. The Morgan fingerprint density at radius 1 is 1.65 bits per heavy atom. The van der Waals surface area contributed by atoms with E-state index in [4.69, 9.17) is 0 Å². The molecule has 4 nitrogen and oxygen atoms in total. The fraction of sp³-hybridized carbons (Fsp3) is 0.667. The minimum Gasteiger partial charge on any atom is -0.481 e. The number of carboxylic acids is 1. The molecule has 0 unspecified atom stereocenters. The van der Waals surface area contributed by atoms with Gasteiger partial charge in [0.25, 0.3) is 0 Å². The lowest BCUT2D eigenvalue weighted by Crippen LogP contribution is -2.41. The molecule has 94 valence electrons. The average molecular weight is 254 g/mol. The second-order valence-corrected chi connectivity index (χ2v) is 5.85. The average Bonchev–Trinajstić information content (AvgIpc) is 2.81. The first-order chi connectivity index (χ1) is 8.12. The van der Waals surface area contributed by atoms with Gasteiger partial charge in [0.15, 0.2) is 5.13 Å². The third kappa shape index (κ3) is 2.77. The molecule has 5 heteroatoms. The van der Waals surface area contributed by atoms with Crippen molar-refractivity contribution in [3.8, 4) is 0 Å². The molecule has 0 bridgehead atoms. The van der Waals surface area contributed by atoms with Crippen molar-refractivity contribution in [1.82, 2.24) is 4.98 Å². The molecule has 17 heavy (non-hydrogen) atoms. The highest BCUT2D eigenvalue weighted by Crippen LogP contribution is 2.39. The molecular weight excluding hydrogens is 236 g/mol. The molecule has 2 rings (SSSR count). The lowest BCUT2D eigenvalue weighted by molar-refractivity contribution is -0.150. The Balaban J connectivity index is 2.00. The molecule has 1 aliphatic rings. The van der Waals surface area contributed by atoms with E-state index >= 15 is 0 Å². The standard InChI is InChI=1S/C12H18N2O2S/c1-9-2-4-12(5-3-9,10(15)16)8-14-11-13-6-7-17-11/h6-7,9H,2-5,8H2,1H3,(H,13,14)(H,15,16). The molecule has 0 atom stereocenters. The quantitative estimate of drug-likeness (QED) is 0.867. The number of carboxylic acid groups (broad SMARTS) is 1. The molecule has 2 N–H and O–H groups in total. The van der Waals surface area contributed by atoms with Gasteiger partial charge >= 0.3 is 5.97 Å². The summed E-state index contributed by atoms with van der Waals surface area (Å²) in [5.41, 5.74) is -0.599. The summed E-state index contributed by atoms with van der Waals surface area (Å²) in [5, 5.41) is 15.3.